The van der Waals surface area contributed by atoms with Gasteiger partial charge in [-0.2, -0.15) is 0 Å². The van der Waals surface area contributed by atoms with Gasteiger partial charge >= 0.3 is 0 Å². The number of H-pyrrole nitrogens is 1. The van der Waals surface area contributed by atoms with Crippen molar-refractivity contribution >= 4 is 10.0 Å². The van der Waals surface area contributed by atoms with E-state index in [1.165, 1.54) is 18.2 Å². The molecule has 1 heterocycles. The smallest absolute Gasteiger partial charge is 0.241 e. The Kier molecular flexibility index (Phi) is 4.96. The molecule has 2 aromatic carbocycles. The molecule has 130 valence electrons. The zero-order chi connectivity index (χ0) is 17.9. The average Bonchev–Trinajstić information content (AvgIpc) is 3.10. The first kappa shape index (κ1) is 17.3. The van der Waals surface area contributed by atoms with Gasteiger partial charge < -0.3 is 4.98 Å². The SMILES string of the molecule is CC[C@H](NS(=O)(=O)c1cccc(F)c1)c1ncc(-c2ccccc2)[nH]1. The third kappa shape index (κ3) is 3.94. The van der Waals surface area contributed by atoms with Crippen molar-refractivity contribution in [1.82, 2.24) is 14.7 Å². The second-order valence-corrected chi connectivity index (χ2v) is 7.30. The molecule has 5 nitrogen and oxygen atoms in total. The van der Waals surface area contributed by atoms with Crippen molar-refractivity contribution in [3.8, 4) is 11.3 Å². The highest BCUT2D eigenvalue weighted by Gasteiger charge is 2.22. The molecule has 7 heteroatoms. The quantitative estimate of drug-likeness (QED) is 0.705. The molecule has 0 spiro atoms. The van der Waals surface area contributed by atoms with E-state index in [-0.39, 0.29) is 4.90 Å². The molecule has 0 amide bonds. The molecule has 0 aliphatic carbocycles. The van der Waals surface area contributed by atoms with Crippen molar-refractivity contribution in [2.24, 2.45) is 0 Å². The van der Waals surface area contributed by atoms with Crippen molar-refractivity contribution in [2.75, 3.05) is 0 Å². The number of imidazole rings is 1. The molecule has 0 aliphatic heterocycles. The van der Waals surface area contributed by atoms with Gasteiger partial charge in [0.05, 0.1) is 22.8 Å². The fourth-order valence-corrected chi connectivity index (χ4v) is 3.81. The highest BCUT2D eigenvalue weighted by molar-refractivity contribution is 7.89. The van der Waals surface area contributed by atoms with Crippen LogP contribution in [0.5, 0.6) is 0 Å². The third-order valence-electron chi connectivity index (χ3n) is 3.82. The lowest BCUT2D eigenvalue weighted by Crippen LogP contribution is -2.29. The van der Waals surface area contributed by atoms with Crippen LogP contribution in [0, 0.1) is 5.82 Å². The predicted octanol–water partition coefficient (Wildman–Crippen LogP) is 3.65. The molecule has 3 aromatic rings. The maximum absolute atomic E-state index is 13.3. The molecular weight excluding hydrogens is 341 g/mol. The van der Waals surface area contributed by atoms with Crippen molar-refractivity contribution in [3.63, 3.8) is 0 Å². The Labute approximate surface area is 146 Å². The van der Waals surface area contributed by atoms with E-state index < -0.39 is 21.9 Å². The molecule has 2 N–H and O–H groups in total. The lowest BCUT2D eigenvalue weighted by Gasteiger charge is -2.15. The molecule has 0 unspecified atom stereocenters. The van der Waals surface area contributed by atoms with Gasteiger partial charge in [-0.3, -0.25) is 0 Å². The van der Waals surface area contributed by atoms with E-state index in [2.05, 4.69) is 14.7 Å². The Hall–Kier alpha value is -2.51. The van der Waals surface area contributed by atoms with Gasteiger partial charge in [0, 0.05) is 0 Å². The van der Waals surface area contributed by atoms with E-state index in [0.717, 1.165) is 17.3 Å². The number of halogens is 1. The zero-order valence-electron chi connectivity index (χ0n) is 13.6. The number of hydrogen-bond acceptors (Lipinski definition) is 3. The summed E-state index contributed by atoms with van der Waals surface area (Å²) in [6, 6.07) is 14.0. The molecule has 1 aromatic heterocycles. The van der Waals surface area contributed by atoms with E-state index in [1.807, 2.05) is 37.3 Å². The van der Waals surface area contributed by atoms with Crippen molar-refractivity contribution in [3.05, 3.63) is 72.4 Å². The first-order valence-corrected chi connectivity index (χ1v) is 9.36. The van der Waals surface area contributed by atoms with Crippen LogP contribution >= 0.6 is 0 Å². The number of sulfonamides is 1. The zero-order valence-corrected chi connectivity index (χ0v) is 14.4. The van der Waals surface area contributed by atoms with Crippen LogP contribution < -0.4 is 4.72 Å². The number of nitrogens with one attached hydrogen (secondary N) is 2. The molecular formula is C18H18FN3O2S. The number of aromatic amines is 1. The molecule has 0 fully saturated rings. The summed E-state index contributed by atoms with van der Waals surface area (Å²) in [5.74, 6) is -0.0818. The number of benzene rings is 2. The molecule has 1 atom stereocenters. The summed E-state index contributed by atoms with van der Waals surface area (Å²) in [5.41, 5.74) is 1.77. The summed E-state index contributed by atoms with van der Waals surface area (Å²) in [4.78, 5) is 7.35. The first-order valence-electron chi connectivity index (χ1n) is 7.88. The maximum atomic E-state index is 13.3. The van der Waals surface area contributed by atoms with Crippen LogP contribution in [0.1, 0.15) is 25.2 Å². The van der Waals surface area contributed by atoms with Crippen LogP contribution in [0.2, 0.25) is 0 Å². The first-order chi connectivity index (χ1) is 12.0. The molecule has 3 rings (SSSR count). The summed E-state index contributed by atoms with van der Waals surface area (Å²) in [7, 11) is -3.85. The van der Waals surface area contributed by atoms with Crippen LogP contribution in [-0.4, -0.2) is 18.4 Å². The van der Waals surface area contributed by atoms with Crippen LogP contribution in [-0.2, 0) is 10.0 Å². The van der Waals surface area contributed by atoms with Gasteiger partial charge in [-0.1, -0.05) is 43.3 Å². The monoisotopic (exact) mass is 359 g/mol. The summed E-state index contributed by atoms with van der Waals surface area (Å²) in [5, 5.41) is 0. The van der Waals surface area contributed by atoms with Crippen LogP contribution in [0.15, 0.2) is 65.7 Å². The summed E-state index contributed by atoms with van der Waals surface area (Å²) < 4.78 is 40.9. The van der Waals surface area contributed by atoms with Crippen LogP contribution in [0.4, 0.5) is 4.39 Å². The molecule has 0 radical (unpaired) electrons. The lowest BCUT2D eigenvalue weighted by molar-refractivity contribution is 0.538. The Morgan fingerprint density at radius 1 is 1.16 bits per heavy atom. The number of rotatable bonds is 6. The van der Waals surface area contributed by atoms with Crippen molar-refractivity contribution in [1.29, 1.82) is 0 Å². The Morgan fingerprint density at radius 3 is 2.60 bits per heavy atom. The Balaban J connectivity index is 1.85. The number of nitrogens with zero attached hydrogens (tertiary/aromatic N) is 1. The standard InChI is InChI=1S/C18H18FN3O2S/c1-2-16(22-25(23,24)15-10-6-9-14(19)11-15)18-20-12-17(21-18)13-7-4-3-5-8-13/h3-12,16,22H,2H2,1H3,(H,20,21)/t16-/m0/s1. The predicted molar refractivity (Wildman–Crippen MR) is 93.8 cm³/mol. The minimum Gasteiger partial charge on any atom is -0.341 e. The fourth-order valence-electron chi connectivity index (χ4n) is 2.50. The number of hydrogen-bond donors (Lipinski definition) is 2. The van der Waals surface area contributed by atoms with Gasteiger partial charge in [0.1, 0.15) is 11.6 Å². The lowest BCUT2D eigenvalue weighted by atomic mass is 10.2. The second kappa shape index (κ2) is 7.16. The van der Waals surface area contributed by atoms with Gasteiger partial charge in [0.2, 0.25) is 10.0 Å². The van der Waals surface area contributed by atoms with Crippen LogP contribution in [0.25, 0.3) is 11.3 Å². The summed E-state index contributed by atoms with van der Waals surface area (Å²) >= 11 is 0. The molecule has 0 saturated heterocycles. The number of aromatic nitrogens is 2. The summed E-state index contributed by atoms with van der Waals surface area (Å²) in [6.45, 7) is 1.85. The van der Waals surface area contributed by atoms with Gasteiger partial charge in [-0.25, -0.2) is 22.5 Å². The van der Waals surface area contributed by atoms with Crippen molar-refractivity contribution < 1.29 is 12.8 Å². The minimum atomic E-state index is -3.85. The third-order valence-corrected chi connectivity index (χ3v) is 5.29. The van der Waals surface area contributed by atoms with Gasteiger partial charge in [-0.15, -0.1) is 0 Å². The maximum Gasteiger partial charge on any atom is 0.241 e. The van der Waals surface area contributed by atoms with Gasteiger partial charge in [-0.05, 0) is 30.2 Å². The van der Waals surface area contributed by atoms with E-state index in [0.29, 0.717) is 12.2 Å². The fraction of sp³-hybridized carbons (Fsp3) is 0.167. The van der Waals surface area contributed by atoms with Gasteiger partial charge in [0.25, 0.3) is 0 Å². The van der Waals surface area contributed by atoms with Crippen molar-refractivity contribution in [2.45, 2.75) is 24.3 Å². The largest absolute Gasteiger partial charge is 0.341 e. The molecule has 25 heavy (non-hydrogen) atoms. The second-order valence-electron chi connectivity index (χ2n) is 5.59. The molecule has 0 bridgehead atoms. The van der Waals surface area contributed by atoms with E-state index in [9.17, 15) is 12.8 Å². The van der Waals surface area contributed by atoms with E-state index in [1.54, 1.807) is 6.20 Å². The van der Waals surface area contributed by atoms with Crippen LogP contribution in [0.3, 0.4) is 0 Å². The molecule has 0 saturated carbocycles. The summed E-state index contributed by atoms with van der Waals surface area (Å²) in [6.07, 6.45) is 2.17. The highest BCUT2D eigenvalue weighted by atomic mass is 32.2. The van der Waals surface area contributed by atoms with E-state index >= 15 is 0 Å². The average molecular weight is 359 g/mol. The highest BCUT2D eigenvalue weighted by Crippen LogP contribution is 2.22. The normalized spacial score (nSPS) is 12.9. The Morgan fingerprint density at radius 2 is 1.92 bits per heavy atom. The topological polar surface area (TPSA) is 74.8 Å². The van der Waals surface area contributed by atoms with E-state index in [4.69, 9.17) is 0 Å². The Bertz CT molecular complexity index is 955. The minimum absolute atomic E-state index is 0.110. The van der Waals surface area contributed by atoms with Gasteiger partial charge in [0.15, 0.2) is 0 Å². The molecule has 0 aliphatic rings.